The summed E-state index contributed by atoms with van der Waals surface area (Å²) in [6.45, 7) is 1.70. The first kappa shape index (κ1) is 13.5. The number of carbonyl (C=O) groups is 1. The Hall–Kier alpha value is -1.43. The highest BCUT2D eigenvalue weighted by molar-refractivity contribution is 5.90. The van der Waals surface area contributed by atoms with Crippen molar-refractivity contribution in [1.82, 2.24) is 20.8 Å². The number of aromatic nitrogens is 2. The second kappa shape index (κ2) is 6.35. The van der Waals surface area contributed by atoms with Gasteiger partial charge in [-0.25, -0.2) is 0 Å². The Morgan fingerprint density at radius 3 is 2.85 bits per heavy atom. The van der Waals surface area contributed by atoms with Crippen LogP contribution >= 0.6 is 0 Å². The van der Waals surface area contributed by atoms with Crippen molar-refractivity contribution in [3.8, 4) is 0 Å². The SMILES string of the molecule is O=C(NCC1CCCCC1)c1noc(C2CCCN2)n1. The van der Waals surface area contributed by atoms with Gasteiger partial charge in [0.2, 0.25) is 5.89 Å². The van der Waals surface area contributed by atoms with E-state index in [4.69, 9.17) is 4.52 Å². The van der Waals surface area contributed by atoms with Crippen molar-refractivity contribution < 1.29 is 9.32 Å². The molecule has 0 radical (unpaired) electrons. The summed E-state index contributed by atoms with van der Waals surface area (Å²) in [6, 6.07) is 0.113. The average molecular weight is 278 g/mol. The van der Waals surface area contributed by atoms with Crippen LogP contribution in [-0.2, 0) is 0 Å². The molecule has 3 rings (SSSR count). The molecule has 2 aliphatic rings. The fourth-order valence-corrected chi connectivity index (χ4v) is 3.07. The summed E-state index contributed by atoms with van der Waals surface area (Å²) in [7, 11) is 0. The minimum Gasteiger partial charge on any atom is -0.349 e. The minimum atomic E-state index is -0.219. The third-order valence-corrected chi connectivity index (χ3v) is 4.28. The van der Waals surface area contributed by atoms with Crippen LogP contribution in [0.1, 0.15) is 67.5 Å². The van der Waals surface area contributed by atoms with Gasteiger partial charge in [-0.2, -0.15) is 4.98 Å². The monoisotopic (exact) mass is 278 g/mol. The molecule has 2 fully saturated rings. The van der Waals surface area contributed by atoms with E-state index < -0.39 is 0 Å². The van der Waals surface area contributed by atoms with E-state index in [2.05, 4.69) is 20.8 Å². The van der Waals surface area contributed by atoms with Crippen molar-refractivity contribution in [2.24, 2.45) is 5.92 Å². The zero-order chi connectivity index (χ0) is 13.8. The van der Waals surface area contributed by atoms with E-state index in [1.807, 2.05) is 0 Å². The van der Waals surface area contributed by atoms with Crippen LogP contribution < -0.4 is 10.6 Å². The van der Waals surface area contributed by atoms with Gasteiger partial charge in [0.1, 0.15) is 0 Å². The number of carbonyl (C=O) groups excluding carboxylic acids is 1. The number of nitrogens with zero attached hydrogens (tertiary/aromatic N) is 2. The van der Waals surface area contributed by atoms with Crippen molar-refractivity contribution >= 4 is 5.91 Å². The van der Waals surface area contributed by atoms with Gasteiger partial charge in [0.25, 0.3) is 11.7 Å². The highest BCUT2D eigenvalue weighted by Crippen LogP contribution is 2.23. The van der Waals surface area contributed by atoms with Gasteiger partial charge in [0.15, 0.2) is 0 Å². The van der Waals surface area contributed by atoms with E-state index in [9.17, 15) is 4.79 Å². The first-order valence-electron chi connectivity index (χ1n) is 7.68. The summed E-state index contributed by atoms with van der Waals surface area (Å²) in [6.07, 6.45) is 8.41. The van der Waals surface area contributed by atoms with Crippen molar-refractivity contribution in [3.63, 3.8) is 0 Å². The standard InChI is InChI=1S/C14H22N4O2/c19-13(16-9-10-5-2-1-3-6-10)12-17-14(20-18-12)11-7-4-8-15-11/h10-11,15H,1-9H2,(H,16,19). The van der Waals surface area contributed by atoms with E-state index >= 15 is 0 Å². The predicted octanol–water partition coefficient (Wildman–Crippen LogP) is 1.80. The van der Waals surface area contributed by atoms with Crippen LogP contribution in [0.2, 0.25) is 0 Å². The van der Waals surface area contributed by atoms with Crippen LogP contribution in [0.5, 0.6) is 0 Å². The molecular weight excluding hydrogens is 256 g/mol. The molecule has 1 aromatic heterocycles. The molecule has 1 saturated carbocycles. The minimum absolute atomic E-state index is 0.113. The largest absolute Gasteiger partial charge is 0.349 e. The molecule has 0 spiro atoms. The summed E-state index contributed by atoms with van der Waals surface area (Å²) >= 11 is 0. The summed E-state index contributed by atoms with van der Waals surface area (Å²) in [5, 5.41) is 10.00. The summed E-state index contributed by atoms with van der Waals surface area (Å²) < 4.78 is 5.18. The van der Waals surface area contributed by atoms with Crippen LogP contribution in [0.15, 0.2) is 4.52 Å². The number of hydrogen-bond acceptors (Lipinski definition) is 5. The number of rotatable bonds is 4. The second-order valence-electron chi connectivity index (χ2n) is 5.82. The van der Waals surface area contributed by atoms with Gasteiger partial charge in [0.05, 0.1) is 6.04 Å². The Balaban J connectivity index is 1.51. The third-order valence-electron chi connectivity index (χ3n) is 4.28. The maximum Gasteiger partial charge on any atom is 0.292 e. The van der Waals surface area contributed by atoms with Gasteiger partial charge in [-0.05, 0) is 38.1 Å². The second-order valence-corrected chi connectivity index (χ2v) is 5.82. The predicted molar refractivity (Wildman–Crippen MR) is 73.2 cm³/mol. The molecule has 0 bridgehead atoms. The Morgan fingerprint density at radius 1 is 1.25 bits per heavy atom. The summed E-state index contributed by atoms with van der Waals surface area (Å²) in [5.74, 6) is 1.08. The maximum atomic E-state index is 12.0. The van der Waals surface area contributed by atoms with Crippen molar-refractivity contribution in [2.75, 3.05) is 13.1 Å². The van der Waals surface area contributed by atoms with Crippen molar-refractivity contribution in [1.29, 1.82) is 0 Å². The Morgan fingerprint density at radius 2 is 2.10 bits per heavy atom. The molecule has 2 heterocycles. The molecule has 1 atom stereocenters. The summed E-state index contributed by atoms with van der Waals surface area (Å²) in [5.41, 5.74) is 0. The molecule has 1 aliphatic carbocycles. The molecule has 1 aliphatic heterocycles. The topological polar surface area (TPSA) is 80.0 Å². The lowest BCUT2D eigenvalue weighted by Gasteiger charge is -2.21. The first-order valence-corrected chi connectivity index (χ1v) is 7.68. The molecule has 1 unspecified atom stereocenters. The molecule has 2 N–H and O–H groups in total. The van der Waals surface area contributed by atoms with E-state index in [1.165, 1.54) is 32.1 Å². The fraction of sp³-hybridized carbons (Fsp3) is 0.786. The molecule has 1 amide bonds. The highest BCUT2D eigenvalue weighted by atomic mass is 16.5. The Labute approximate surface area is 118 Å². The van der Waals surface area contributed by atoms with Gasteiger partial charge < -0.3 is 15.2 Å². The van der Waals surface area contributed by atoms with Crippen LogP contribution in [0.3, 0.4) is 0 Å². The first-order chi connectivity index (χ1) is 9.83. The van der Waals surface area contributed by atoms with Gasteiger partial charge in [-0.3, -0.25) is 4.79 Å². The molecule has 6 heteroatoms. The molecule has 1 aromatic rings. The smallest absolute Gasteiger partial charge is 0.292 e. The Kier molecular flexibility index (Phi) is 4.30. The molecule has 20 heavy (non-hydrogen) atoms. The highest BCUT2D eigenvalue weighted by Gasteiger charge is 2.24. The van der Waals surface area contributed by atoms with E-state index in [1.54, 1.807) is 0 Å². The quantitative estimate of drug-likeness (QED) is 0.878. The maximum absolute atomic E-state index is 12.0. The number of nitrogens with one attached hydrogen (secondary N) is 2. The van der Waals surface area contributed by atoms with E-state index in [0.717, 1.165) is 25.9 Å². The lowest BCUT2D eigenvalue weighted by atomic mass is 9.89. The zero-order valence-corrected chi connectivity index (χ0v) is 11.7. The van der Waals surface area contributed by atoms with Crippen LogP contribution in [0, 0.1) is 5.92 Å². The molecular formula is C14H22N4O2. The number of hydrogen-bond donors (Lipinski definition) is 2. The molecule has 110 valence electrons. The summed E-state index contributed by atoms with van der Waals surface area (Å²) in [4.78, 5) is 16.2. The van der Waals surface area contributed by atoms with E-state index in [-0.39, 0.29) is 17.8 Å². The van der Waals surface area contributed by atoms with Gasteiger partial charge in [-0.1, -0.05) is 24.4 Å². The Bertz CT molecular complexity index is 448. The van der Waals surface area contributed by atoms with Crippen LogP contribution in [0.25, 0.3) is 0 Å². The normalized spacial score (nSPS) is 23.9. The van der Waals surface area contributed by atoms with Gasteiger partial charge >= 0.3 is 0 Å². The lowest BCUT2D eigenvalue weighted by Crippen LogP contribution is -2.31. The van der Waals surface area contributed by atoms with Crippen LogP contribution in [-0.4, -0.2) is 29.1 Å². The van der Waals surface area contributed by atoms with Crippen molar-refractivity contribution in [2.45, 2.75) is 51.0 Å². The fourth-order valence-electron chi connectivity index (χ4n) is 3.07. The molecule has 6 nitrogen and oxygen atoms in total. The molecule has 0 aromatic carbocycles. The lowest BCUT2D eigenvalue weighted by molar-refractivity contribution is 0.0930. The molecule has 1 saturated heterocycles. The van der Waals surface area contributed by atoms with Gasteiger partial charge in [-0.15, -0.1) is 0 Å². The average Bonchev–Trinajstić information content (AvgIpc) is 3.16. The van der Waals surface area contributed by atoms with Crippen molar-refractivity contribution in [3.05, 3.63) is 11.7 Å². The third kappa shape index (κ3) is 3.17. The number of amides is 1. The van der Waals surface area contributed by atoms with Gasteiger partial charge in [0, 0.05) is 6.54 Å². The van der Waals surface area contributed by atoms with Crippen LogP contribution in [0.4, 0.5) is 0 Å². The zero-order valence-electron chi connectivity index (χ0n) is 11.7. The van der Waals surface area contributed by atoms with E-state index in [0.29, 0.717) is 11.8 Å².